The third-order valence-corrected chi connectivity index (χ3v) is 3.39. The predicted octanol–water partition coefficient (Wildman–Crippen LogP) is 3.16. The summed E-state index contributed by atoms with van der Waals surface area (Å²) >= 11 is 1.56. The summed E-state index contributed by atoms with van der Waals surface area (Å²) in [6.07, 6.45) is 1.01. The number of aryl methyl sites for hydroxylation is 2. The van der Waals surface area contributed by atoms with E-state index < -0.39 is 0 Å². The Morgan fingerprint density at radius 2 is 2.11 bits per heavy atom. The number of halogens is 1. The lowest BCUT2D eigenvalue weighted by molar-refractivity contribution is -0.116. The number of thiazole rings is 1. The van der Waals surface area contributed by atoms with Gasteiger partial charge in [0.15, 0.2) is 0 Å². The summed E-state index contributed by atoms with van der Waals surface area (Å²) in [5.74, 6) is -0.402. The SMILES string of the molecule is Cc1csc(CCC(=O)Nc2ccc(F)cc2)n1. The molecule has 0 bridgehead atoms. The molecule has 2 aromatic rings. The summed E-state index contributed by atoms with van der Waals surface area (Å²) in [5, 5.41) is 5.64. The largest absolute Gasteiger partial charge is 0.326 e. The molecule has 0 atom stereocenters. The molecule has 0 unspecified atom stereocenters. The molecule has 3 nitrogen and oxygen atoms in total. The van der Waals surface area contributed by atoms with Crippen molar-refractivity contribution in [2.75, 3.05) is 5.32 Å². The maximum Gasteiger partial charge on any atom is 0.224 e. The number of aromatic nitrogens is 1. The van der Waals surface area contributed by atoms with E-state index in [1.54, 1.807) is 23.5 Å². The molecule has 0 saturated carbocycles. The van der Waals surface area contributed by atoms with Crippen LogP contribution in [0.4, 0.5) is 10.1 Å². The molecule has 2 rings (SSSR count). The Morgan fingerprint density at radius 3 is 2.72 bits per heavy atom. The number of amides is 1. The molecule has 1 N–H and O–H groups in total. The molecular weight excluding hydrogens is 251 g/mol. The van der Waals surface area contributed by atoms with Gasteiger partial charge in [-0.3, -0.25) is 4.79 Å². The molecule has 0 aliphatic rings. The van der Waals surface area contributed by atoms with Crippen molar-refractivity contribution in [2.45, 2.75) is 19.8 Å². The second-order valence-corrected chi connectivity index (χ2v) is 4.88. The highest BCUT2D eigenvalue weighted by Gasteiger charge is 2.05. The summed E-state index contributed by atoms with van der Waals surface area (Å²) in [6, 6.07) is 5.72. The molecule has 1 heterocycles. The van der Waals surface area contributed by atoms with E-state index in [0.717, 1.165) is 10.7 Å². The normalized spacial score (nSPS) is 10.3. The quantitative estimate of drug-likeness (QED) is 0.921. The Morgan fingerprint density at radius 1 is 1.39 bits per heavy atom. The van der Waals surface area contributed by atoms with Crippen LogP contribution in [-0.2, 0) is 11.2 Å². The lowest BCUT2D eigenvalue weighted by atomic mass is 10.2. The first-order chi connectivity index (χ1) is 8.63. The van der Waals surface area contributed by atoms with E-state index in [0.29, 0.717) is 18.5 Å². The number of hydrogen-bond acceptors (Lipinski definition) is 3. The molecule has 0 fully saturated rings. The predicted molar refractivity (Wildman–Crippen MR) is 70.2 cm³/mol. The molecule has 5 heteroatoms. The molecule has 0 saturated heterocycles. The van der Waals surface area contributed by atoms with Crippen molar-refractivity contribution in [2.24, 2.45) is 0 Å². The zero-order valence-electron chi connectivity index (χ0n) is 9.94. The highest BCUT2D eigenvalue weighted by molar-refractivity contribution is 7.09. The molecule has 1 amide bonds. The highest BCUT2D eigenvalue weighted by atomic mass is 32.1. The van der Waals surface area contributed by atoms with E-state index in [4.69, 9.17) is 0 Å². The van der Waals surface area contributed by atoms with Crippen LogP contribution in [0.15, 0.2) is 29.6 Å². The number of carbonyl (C=O) groups is 1. The van der Waals surface area contributed by atoms with E-state index in [9.17, 15) is 9.18 Å². The van der Waals surface area contributed by atoms with Gasteiger partial charge < -0.3 is 5.32 Å². The number of nitrogens with zero attached hydrogens (tertiary/aromatic N) is 1. The van der Waals surface area contributed by atoms with Gasteiger partial charge in [0.2, 0.25) is 5.91 Å². The van der Waals surface area contributed by atoms with Crippen LogP contribution in [0.2, 0.25) is 0 Å². The number of benzene rings is 1. The van der Waals surface area contributed by atoms with E-state index in [1.807, 2.05) is 12.3 Å². The third-order valence-electron chi connectivity index (χ3n) is 2.36. The average Bonchev–Trinajstić information content (AvgIpc) is 2.76. The van der Waals surface area contributed by atoms with Crippen LogP contribution in [0.25, 0.3) is 0 Å². The summed E-state index contributed by atoms with van der Waals surface area (Å²) in [5.41, 5.74) is 1.59. The number of nitrogens with one attached hydrogen (secondary N) is 1. The Balaban J connectivity index is 1.83. The molecule has 18 heavy (non-hydrogen) atoms. The van der Waals surface area contributed by atoms with Gasteiger partial charge in [-0.15, -0.1) is 11.3 Å². The average molecular weight is 264 g/mol. The molecule has 1 aromatic heterocycles. The van der Waals surface area contributed by atoms with Gasteiger partial charge >= 0.3 is 0 Å². The minimum atomic E-state index is -0.314. The van der Waals surface area contributed by atoms with Gasteiger partial charge in [0, 0.05) is 29.6 Å². The van der Waals surface area contributed by atoms with Gasteiger partial charge in [0.05, 0.1) is 5.01 Å². The lowest BCUT2D eigenvalue weighted by Crippen LogP contribution is -2.12. The first kappa shape index (κ1) is 12.7. The van der Waals surface area contributed by atoms with Crippen molar-refractivity contribution < 1.29 is 9.18 Å². The number of carbonyl (C=O) groups excluding carboxylic acids is 1. The monoisotopic (exact) mass is 264 g/mol. The van der Waals surface area contributed by atoms with Crippen LogP contribution < -0.4 is 5.32 Å². The Kier molecular flexibility index (Phi) is 4.04. The fourth-order valence-electron chi connectivity index (χ4n) is 1.49. The Bertz CT molecular complexity index is 536. The van der Waals surface area contributed by atoms with Gasteiger partial charge in [-0.25, -0.2) is 9.37 Å². The zero-order valence-corrected chi connectivity index (χ0v) is 10.8. The van der Waals surface area contributed by atoms with Gasteiger partial charge in [0.1, 0.15) is 5.82 Å². The van der Waals surface area contributed by atoms with E-state index in [-0.39, 0.29) is 11.7 Å². The second-order valence-electron chi connectivity index (χ2n) is 3.94. The number of hydrogen-bond donors (Lipinski definition) is 1. The summed E-state index contributed by atoms with van der Waals surface area (Å²) in [4.78, 5) is 15.9. The van der Waals surface area contributed by atoms with Crippen LogP contribution in [0.3, 0.4) is 0 Å². The maximum absolute atomic E-state index is 12.7. The van der Waals surface area contributed by atoms with E-state index in [2.05, 4.69) is 10.3 Å². The molecule has 0 aliphatic carbocycles. The minimum absolute atomic E-state index is 0.0885. The van der Waals surface area contributed by atoms with Crippen molar-refractivity contribution in [1.82, 2.24) is 4.98 Å². The van der Waals surface area contributed by atoms with Crippen LogP contribution >= 0.6 is 11.3 Å². The van der Waals surface area contributed by atoms with E-state index >= 15 is 0 Å². The van der Waals surface area contributed by atoms with Crippen molar-refractivity contribution in [3.8, 4) is 0 Å². The van der Waals surface area contributed by atoms with Crippen molar-refractivity contribution in [1.29, 1.82) is 0 Å². The van der Waals surface area contributed by atoms with Crippen LogP contribution in [0.1, 0.15) is 17.1 Å². The fourth-order valence-corrected chi connectivity index (χ4v) is 2.27. The van der Waals surface area contributed by atoms with Crippen molar-refractivity contribution in [3.05, 3.63) is 46.2 Å². The van der Waals surface area contributed by atoms with Gasteiger partial charge in [-0.05, 0) is 31.2 Å². The summed E-state index contributed by atoms with van der Waals surface area (Å²) in [7, 11) is 0. The smallest absolute Gasteiger partial charge is 0.224 e. The number of anilines is 1. The van der Waals surface area contributed by atoms with Gasteiger partial charge in [0.25, 0.3) is 0 Å². The minimum Gasteiger partial charge on any atom is -0.326 e. The Hall–Kier alpha value is -1.75. The molecule has 94 valence electrons. The molecule has 1 aromatic carbocycles. The maximum atomic E-state index is 12.7. The Labute approximate surface area is 109 Å². The van der Waals surface area contributed by atoms with Gasteiger partial charge in [-0.2, -0.15) is 0 Å². The molecular formula is C13H13FN2OS. The van der Waals surface area contributed by atoms with Crippen LogP contribution in [0, 0.1) is 12.7 Å². The van der Waals surface area contributed by atoms with Crippen molar-refractivity contribution >= 4 is 22.9 Å². The van der Waals surface area contributed by atoms with E-state index in [1.165, 1.54) is 12.1 Å². The summed E-state index contributed by atoms with van der Waals surface area (Å²) < 4.78 is 12.7. The zero-order chi connectivity index (χ0) is 13.0. The number of rotatable bonds is 4. The first-order valence-electron chi connectivity index (χ1n) is 5.60. The highest BCUT2D eigenvalue weighted by Crippen LogP contribution is 2.12. The van der Waals surface area contributed by atoms with Crippen LogP contribution in [-0.4, -0.2) is 10.9 Å². The standard InChI is InChI=1S/C13H13FN2OS/c1-9-8-18-13(15-9)7-6-12(17)16-11-4-2-10(14)3-5-11/h2-5,8H,6-7H2,1H3,(H,16,17). The van der Waals surface area contributed by atoms with Crippen molar-refractivity contribution in [3.63, 3.8) is 0 Å². The molecule has 0 spiro atoms. The molecule has 0 radical (unpaired) electrons. The molecule has 0 aliphatic heterocycles. The fraction of sp³-hybridized carbons (Fsp3) is 0.231. The summed E-state index contributed by atoms with van der Waals surface area (Å²) in [6.45, 7) is 1.93. The first-order valence-corrected chi connectivity index (χ1v) is 6.48. The van der Waals surface area contributed by atoms with Crippen LogP contribution in [0.5, 0.6) is 0 Å². The second kappa shape index (κ2) is 5.73. The third kappa shape index (κ3) is 3.63. The topological polar surface area (TPSA) is 42.0 Å². The lowest BCUT2D eigenvalue weighted by Gasteiger charge is -2.03. The van der Waals surface area contributed by atoms with Gasteiger partial charge in [-0.1, -0.05) is 0 Å².